The lowest BCUT2D eigenvalue weighted by molar-refractivity contribution is -0.384. The molecule has 2 aliphatic rings. The molecule has 3 heterocycles. The summed E-state index contributed by atoms with van der Waals surface area (Å²) in [5.74, 6) is 0.0455. The zero-order valence-electron chi connectivity index (χ0n) is 13.6. The third-order valence-corrected chi connectivity index (χ3v) is 5.62. The second kappa shape index (κ2) is 6.36. The molecular weight excluding hydrogens is 340 g/mol. The smallest absolute Gasteiger partial charge is 0.292 e. The van der Waals surface area contributed by atoms with Crippen molar-refractivity contribution in [2.75, 3.05) is 42.9 Å². The summed E-state index contributed by atoms with van der Waals surface area (Å²) in [7, 11) is 0. The van der Waals surface area contributed by atoms with Crippen LogP contribution in [0.3, 0.4) is 0 Å². The van der Waals surface area contributed by atoms with Gasteiger partial charge in [0.2, 0.25) is 0 Å². The number of fused-ring (bicyclic) bond motifs is 1. The predicted octanol–water partition coefficient (Wildman–Crippen LogP) is 2.59. The van der Waals surface area contributed by atoms with Crippen LogP contribution in [0.25, 0.3) is 0 Å². The lowest BCUT2D eigenvalue weighted by atomic mass is 10.1. The highest BCUT2D eigenvalue weighted by molar-refractivity contribution is 7.12. The summed E-state index contributed by atoms with van der Waals surface area (Å²) in [6.45, 7) is 3.17. The standard InChI is InChI=1S/C17H18N4O3S/c22-17(15-2-1-11-25-15)20-9-7-19(8-10-20)16-12-5-6-18-13(12)3-4-14(16)21(23)24/h1-4,11,18H,5-10H2. The molecule has 25 heavy (non-hydrogen) atoms. The third kappa shape index (κ3) is 2.82. The van der Waals surface area contributed by atoms with Gasteiger partial charge >= 0.3 is 0 Å². The van der Waals surface area contributed by atoms with Crippen LogP contribution < -0.4 is 10.2 Å². The first-order valence-corrected chi connectivity index (χ1v) is 9.15. The average molecular weight is 358 g/mol. The maximum Gasteiger partial charge on any atom is 0.292 e. The second-order valence-electron chi connectivity index (χ2n) is 6.15. The van der Waals surface area contributed by atoms with E-state index in [0.29, 0.717) is 26.2 Å². The molecule has 1 fully saturated rings. The molecule has 2 aliphatic heterocycles. The maximum atomic E-state index is 12.5. The summed E-state index contributed by atoms with van der Waals surface area (Å²) in [4.78, 5) is 28.3. The Balaban J connectivity index is 1.56. The van der Waals surface area contributed by atoms with E-state index >= 15 is 0 Å². The molecule has 0 spiro atoms. The number of piperazine rings is 1. The molecule has 0 atom stereocenters. The van der Waals surface area contributed by atoms with Crippen molar-refractivity contribution in [2.24, 2.45) is 0 Å². The van der Waals surface area contributed by atoms with Crippen LogP contribution in [0.15, 0.2) is 29.6 Å². The molecular formula is C17H18N4O3S. The number of rotatable bonds is 3. The fraction of sp³-hybridized carbons (Fsp3) is 0.353. The zero-order valence-corrected chi connectivity index (χ0v) is 14.4. The van der Waals surface area contributed by atoms with Gasteiger partial charge in [0.1, 0.15) is 5.69 Å². The summed E-state index contributed by atoms with van der Waals surface area (Å²) >= 11 is 1.44. The number of nitro groups is 1. The summed E-state index contributed by atoms with van der Waals surface area (Å²) in [6, 6.07) is 7.08. The Hall–Kier alpha value is -2.61. The fourth-order valence-corrected chi connectivity index (χ4v) is 4.25. The number of anilines is 2. The van der Waals surface area contributed by atoms with E-state index < -0.39 is 0 Å². The minimum atomic E-state index is -0.308. The number of thiophene rings is 1. The number of nitrogens with one attached hydrogen (secondary N) is 1. The van der Waals surface area contributed by atoms with E-state index in [0.717, 1.165) is 34.8 Å². The Morgan fingerprint density at radius 3 is 2.68 bits per heavy atom. The van der Waals surface area contributed by atoms with Gasteiger partial charge in [-0.2, -0.15) is 0 Å². The highest BCUT2D eigenvalue weighted by Crippen LogP contribution is 2.39. The number of carbonyl (C=O) groups excluding carboxylic acids is 1. The molecule has 4 rings (SSSR count). The van der Waals surface area contributed by atoms with Crippen molar-refractivity contribution in [3.05, 3.63) is 50.2 Å². The van der Waals surface area contributed by atoms with Crippen LogP contribution in [0.1, 0.15) is 15.2 Å². The first kappa shape index (κ1) is 15.9. The van der Waals surface area contributed by atoms with Crippen LogP contribution >= 0.6 is 11.3 Å². The first-order chi connectivity index (χ1) is 12.1. The molecule has 0 radical (unpaired) electrons. The molecule has 0 unspecified atom stereocenters. The van der Waals surface area contributed by atoms with Crippen LogP contribution in [0.4, 0.5) is 17.1 Å². The van der Waals surface area contributed by atoms with Gasteiger partial charge in [-0.1, -0.05) is 6.07 Å². The van der Waals surface area contributed by atoms with Crippen molar-refractivity contribution in [3.8, 4) is 0 Å². The lowest BCUT2D eigenvalue weighted by Gasteiger charge is -2.36. The topological polar surface area (TPSA) is 78.7 Å². The van der Waals surface area contributed by atoms with Crippen molar-refractivity contribution in [1.29, 1.82) is 0 Å². The summed E-state index contributed by atoms with van der Waals surface area (Å²) < 4.78 is 0. The van der Waals surface area contributed by atoms with Gasteiger partial charge in [0.25, 0.3) is 11.6 Å². The SMILES string of the molecule is O=C(c1cccs1)N1CCN(c2c([N+](=O)[O-])ccc3c2CCN3)CC1. The Bertz CT molecular complexity index is 814. The first-order valence-electron chi connectivity index (χ1n) is 8.27. The van der Waals surface area contributed by atoms with Crippen molar-refractivity contribution >= 4 is 34.3 Å². The number of hydrogen-bond donors (Lipinski definition) is 1. The molecule has 1 amide bonds. The van der Waals surface area contributed by atoms with E-state index in [2.05, 4.69) is 10.2 Å². The van der Waals surface area contributed by atoms with Crippen molar-refractivity contribution in [3.63, 3.8) is 0 Å². The van der Waals surface area contributed by atoms with Gasteiger partial charge in [-0.05, 0) is 23.9 Å². The molecule has 0 aliphatic carbocycles. The van der Waals surface area contributed by atoms with Crippen LogP contribution in [-0.2, 0) is 6.42 Å². The number of nitrogens with zero attached hydrogens (tertiary/aromatic N) is 3. The number of benzene rings is 1. The van der Waals surface area contributed by atoms with Crippen LogP contribution in [-0.4, -0.2) is 48.5 Å². The molecule has 0 saturated carbocycles. The molecule has 2 aromatic rings. The molecule has 1 saturated heterocycles. The maximum absolute atomic E-state index is 12.5. The zero-order chi connectivity index (χ0) is 17.4. The van der Waals surface area contributed by atoms with Gasteiger partial charge in [-0.3, -0.25) is 14.9 Å². The van der Waals surface area contributed by atoms with E-state index in [-0.39, 0.29) is 16.5 Å². The summed E-state index contributed by atoms with van der Waals surface area (Å²) in [6.07, 6.45) is 0.792. The number of hydrogen-bond acceptors (Lipinski definition) is 6. The number of carbonyl (C=O) groups is 1. The van der Waals surface area contributed by atoms with E-state index in [4.69, 9.17) is 0 Å². The molecule has 1 aromatic carbocycles. The predicted molar refractivity (Wildman–Crippen MR) is 97.7 cm³/mol. The molecule has 0 bridgehead atoms. The van der Waals surface area contributed by atoms with E-state index in [1.54, 1.807) is 12.1 Å². The second-order valence-corrected chi connectivity index (χ2v) is 7.10. The van der Waals surface area contributed by atoms with Gasteiger partial charge in [-0.15, -0.1) is 11.3 Å². The van der Waals surface area contributed by atoms with Crippen LogP contribution in [0.2, 0.25) is 0 Å². The normalized spacial score (nSPS) is 16.5. The largest absolute Gasteiger partial charge is 0.384 e. The quantitative estimate of drug-likeness (QED) is 0.674. The van der Waals surface area contributed by atoms with Crippen molar-refractivity contribution in [1.82, 2.24) is 4.90 Å². The van der Waals surface area contributed by atoms with Gasteiger partial charge < -0.3 is 15.1 Å². The lowest BCUT2D eigenvalue weighted by Crippen LogP contribution is -2.49. The summed E-state index contributed by atoms with van der Waals surface area (Å²) in [5.41, 5.74) is 2.88. The number of nitro benzene ring substituents is 1. The van der Waals surface area contributed by atoms with E-state index in [9.17, 15) is 14.9 Å². The van der Waals surface area contributed by atoms with Crippen molar-refractivity contribution < 1.29 is 9.72 Å². The molecule has 130 valence electrons. The summed E-state index contributed by atoms with van der Waals surface area (Å²) in [5, 5.41) is 16.7. The molecule has 8 heteroatoms. The van der Waals surface area contributed by atoms with E-state index in [1.165, 1.54) is 11.3 Å². The highest BCUT2D eigenvalue weighted by Gasteiger charge is 2.31. The molecule has 1 N–H and O–H groups in total. The van der Waals surface area contributed by atoms with Gasteiger partial charge in [0.15, 0.2) is 0 Å². The fourth-order valence-electron chi connectivity index (χ4n) is 3.55. The Morgan fingerprint density at radius 1 is 1.20 bits per heavy atom. The minimum Gasteiger partial charge on any atom is -0.384 e. The van der Waals surface area contributed by atoms with Crippen molar-refractivity contribution in [2.45, 2.75) is 6.42 Å². The van der Waals surface area contributed by atoms with Gasteiger partial charge in [0.05, 0.1) is 9.80 Å². The van der Waals surface area contributed by atoms with Gasteiger partial charge in [-0.25, -0.2) is 0 Å². The monoisotopic (exact) mass is 358 g/mol. The molecule has 1 aromatic heterocycles. The minimum absolute atomic E-state index is 0.0455. The highest BCUT2D eigenvalue weighted by atomic mass is 32.1. The van der Waals surface area contributed by atoms with E-state index in [1.807, 2.05) is 22.4 Å². The Labute approximate surface area is 149 Å². The van der Waals surface area contributed by atoms with Gasteiger partial charge in [0, 0.05) is 50.0 Å². The Kier molecular flexibility index (Phi) is 4.04. The number of amides is 1. The Morgan fingerprint density at radius 2 is 2.00 bits per heavy atom. The third-order valence-electron chi connectivity index (χ3n) is 4.76. The van der Waals surface area contributed by atoms with Crippen LogP contribution in [0, 0.1) is 10.1 Å². The average Bonchev–Trinajstić information content (AvgIpc) is 3.31. The molecule has 7 nitrogen and oxygen atoms in total. The van der Waals surface area contributed by atoms with Crippen LogP contribution in [0.5, 0.6) is 0 Å².